The third kappa shape index (κ3) is 52.3. The molecule has 0 radical (unpaired) electrons. The molecule has 0 rings (SSSR count). The molecule has 0 spiro atoms. The Morgan fingerprint density at radius 3 is 0.642 bits per heavy atom. The van der Waals surface area contributed by atoms with Crippen molar-refractivity contribution in [1.82, 2.24) is 0 Å². The van der Waals surface area contributed by atoms with Gasteiger partial charge < -0.3 is 52.8 Å². The van der Waals surface area contributed by atoms with Crippen molar-refractivity contribution >= 4 is 21.6 Å². The number of aliphatic hydroxyl groups is 2. The summed E-state index contributed by atoms with van der Waals surface area (Å²) in [7, 11) is 4.17. The monoisotopic (exact) mass is 803 g/mol. The fourth-order valence-corrected chi connectivity index (χ4v) is 7.49. The van der Waals surface area contributed by atoms with Crippen molar-refractivity contribution in [3.8, 4) is 0 Å². The van der Waals surface area contributed by atoms with Gasteiger partial charge in [-0.15, -0.1) is 0 Å². The van der Waals surface area contributed by atoms with Gasteiger partial charge in [-0.1, -0.05) is 111 Å². The van der Waals surface area contributed by atoms with Crippen LogP contribution in [-0.4, -0.2) is 154 Å². The van der Waals surface area contributed by atoms with E-state index >= 15 is 0 Å². The first-order chi connectivity index (χ1) is 26.4. The van der Waals surface area contributed by atoms with Gasteiger partial charge in [-0.25, -0.2) is 0 Å². The quantitative estimate of drug-likeness (QED) is 0.0466. The molecule has 0 unspecified atom stereocenters. The van der Waals surface area contributed by atoms with E-state index in [-0.39, 0.29) is 13.2 Å². The second-order valence-corrected chi connectivity index (χ2v) is 15.7. The highest BCUT2D eigenvalue weighted by molar-refractivity contribution is 8.76. The average molecular weight is 803 g/mol. The van der Waals surface area contributed by atoms with Crippen LogP contribution in [0, 0.1) is 0 Å². The standard InChI is InChI=1S/C40H82O11S2/c41-19-23-45-27-31-47-29-25-43-21-15-11-7-3-1-5-9-13-17-39-52-53-40-18-14-10-6-2-4-8-12-16-22-44-26-30-48-33-35-50-37-38-51-36-34-49-32-28-46-24-20-42/h41-42H,1-40H2. The molecule has 320 valence electrons. The van der Waals surface area contributed by atoms with Crippen molar-refractivity contribution in [2.24, 2.45) is 0 Å². The molecule has 0 saturated carbocycles. The molecule has 0 saturated heterocycles. The van der Waals surface area contributed by atoms with Crippen molar-refractivity contribution in [2.45, 2.75) is 116 Å². The predicted octanol–water partition coefficient (Wildman–Crippen LogP) is 7.52. The topological polar surface area (TPSA) is 124 Å². The van der Waals surface area contributed by atoms with Gasteiger partial charge in [0.1, 0.15) is 0 Å². The summed E-state index contributed by atoms with van der Waals surface area (Å²) in [5, 5.41) is 17.2. The van der Waals surface area contributed by atoms with Crippen molar-refractivity contribution in [1.29, 1.82) is 0 Å². The third-order valence-corrected chi connectivity index (χ3v) is 10.8. The average Bonchev–Trinajstić information content (AvgIpc) is 3.17. The summed E-state index contributed by atoms with van der Waals surface area (Å²) in [4.78, 5) is 0. The molecule has 0 aliphatic carbocycles. The Morgan fingerprint density at radius 2 is 0.396 bits per heavy atom. The fourth-order valence-electron chi connectivity index (χ4n) is 5.20. The van der Waals surface area contributed by atoms with E-state index in [9.17, 15) is 0 Å². The van der Waals surface area contributed by atoms with Crippen molar-refractivity contribution in [2.75, 3.05) is 144 Å². The molecule has 0 bridgehead atoms. The number of aliphatic hydroxyl groups excluding tert-OH is 2. The molecular weight excluding hydrogens is 721 g/mol. The first-order valence-electron chi connectivity index (χ1n) is 21.1. The van der Waals surface area contributed by atoms with Gasteiger partial charge in [0.05, 0.1) is 119 Å². The van der Waals surface area contributed by atoms with E-state index in [1.165, 1.54) is 114 Å². The number of hydrogen-bond acceptors (Lipinski definition) is 13. The van der Waals surface area contributed by atoms with Gasteiger partial charge in [-0.3, -0.25) is 0 Å². The SMILES string of the molecule is OCCOCCOCCOCCCCCCCCCCCSSCCCCCCCCCCCOCCOCCOCCOCCOCCOCCO. The minimum atomic E-state index is 0.0383. The van der Waals surface area contributed by atoms with Crippen LogP contribution in [0.4, 0.5) is 0 Å². The van der Waals surface area contributed by atoms with Gasteiger partial charge in [-0.05, 0) is 25.7 Å². The van der Waals surface area contributed by atoms with E-state index in [1.807, 2.05) is 0 Å². The zero-order valence-electron chi connectivity index (χ0n) is 33.7. The molecule has 13 heteroatoms. The largest absolute Gasteiger partial charge is 0.394 e. The van der Waals surface area contributed by atoms with E-state index < -0.39 is 0 Å². The minimum Gasteiger partial charge on any atom is -0.394 e. The fraction of sp³-hybridized carbons (Fsp3) is 1.00. The van der Waals surface area contributed by atoms with Crippen LogP contribution in [0.3, 0.4) is 0 Å². The number of unbranched alkanes of at least 4 members (excludes halogenated alkanes) is 16. The van der Waals surface area contributed by atoms with E-state index in [0.29, 0.717) is 106 Å². The van der Waals surface area contributed by atoms with Crippen LogP contribution in [0.15, 0.2) is 0 Å². The maximum Gasteiger partial charge on any atom is 0.0701 e. The Bertz CT molecular complexity index is 579. The second kappa shape index (κ2) is 52.3. The molecule has 53 heavy (non-hydrogen) atoms. The molecule has 0 heterocycles. The highest BCUT2D eigenvalue weighted by atomic mass is 33.1. The summed E-state index contributed by atoms with van der Waals surface area (Å²) < 4.78 is 48.8. The Kier molecular flexibility index (Phi) is 52.5. The molecule has 2 N–H and O–H groups in total. The molecule has 0 aromatic rings. The molecule has 0 aromatic heterocycles. The van der Waals surface area contributed by atoms with Crippen LogP contribution in [0.2, 0.25) is 0 Å². The predicted molar refractivity (Wildman–Crippen MR) is 220 cm³/mol. The normalized spacial score (nSPS) is 11.7. The summed E-state index contributed by atoms with van der Waals surface area (Å²) in [6.07, 6.45) is 24.0. The zero-order chi connectivity index (χ0) is 38.1. The molecule has 0 aromatic carbocycles. The Labute approximate surface area is 332 Å². The van der Waals surface area contributed by atoms with Gasteiger partial charge in [0.2, 0.25) is 0 Å². The van der Waals surface area contributed by atoms with Crippen LogP contribution < -0.4 is 0 Å². The second-order valence-electron chi connectivity index (χ2n) is 13.0. The summed E-state index contributed by atoms with van der Waals surface area (Å²) in [6, 6.07) is 0. The van der Waals surface area contributed by atoms with E-state index in [4.69, 9.17) is 52.8 Å². The summed E-state index contributed by atoms with van der Waals surface area (Å²) in [5.41, 5.74) is 0. The van der Waals surface area contributed by atoms with Gasteiger partial charge in [0, 0.05) is 24.7 Å². The molecule has 0 atom stereocenters. The Balaban J connectivity index is 3.05. The van der Waals surface area contributed by atoms with Crippen molar-refractivity contribution in [3.63, 3.8) is 0 Å². The maximum absolute atomic E-state index is 8.62. The van der Waals surface area contributed by atoms with Crippen LogP contribution in [0.25, 0.3) is 0 Å². The lowest BCUT2D eigenvalue weighted by Gasteiger charge is -2.08. The van der Waals surface area contributed by atoms with Crippen LogP contribution in [-0.2, 0) is 42.6 Å². The molecule has 0 aliphatic heterocycles. The molecule has 0 aliphatic rings. The highest BCUT2D eigenvalue weighted by Gasteiger charge is 1.99. The minimum absolute atomic E-state index is 0.0383. The van der Waals surface area contributed by atoms with Gasteiger partial charge >= 0.3 is 0 Å². The third-order valence-electron chi connectivity index (χ3n) is 8.19. The summed E-state index contributed by atoms with van der Waals surface area (Å²) >= 11 is 0. The molecule has 0 fully saturated rings. The van der Waals surface area contributed by atoms with Gasteiger partial charge in [0.25, 0.3) is 0 Å². The van der Waals surface area contributed by atoms with Crippen LogP contribution in [0.1, 0.15) is 116 Å². The first kappa shape index (κ1) is 53.3. The number of ether oxygens (including phenoxy) is 9. The smallest absolute Gasteiger partial charge is 0.0701 e. The molecular formula is C40H82O11S2. The first-order valence-corrected chi connectivity index (χ1v) is 23.6. The van der Waals surface area contributed by atoms with Crippen LogP contribution >= 0.6 is 21.6 Å². The lowest BCUT2D eigenvalue weighted by molar-refractivity contribution is -0.0182. The molecule has 0 amide bonds. The van der Waals surface area contributed by atoms with E-state index in [0.717, 1.165) is 26.1 Å². The summed E-state index contributed by atoms with van der Waals surface area (Å²) in [5.74, 6) is 2.62. The lowest BCUT2D eigenvalue weighted by atomic mass is 10.1. The van der Waals surface area contributed by atoms with E-state index in [1.54, 1.807) is 0 Å². The highest BCUT2D eigenvalue weighted by Crippen LogP contribution is 2.25. The van der Waals surface area contributed by atoms with Gasteiger partial charge in [0.15, 0.2) is 0 Å². The van der Waals surface area contributed by atoms with Gasteiger partial charge in [-0.2, -0.15) is 0 Å². The Morgan fingerprint density at radius 1 is 0.208 bits per heavy atom. The number of hydrogen-bond donors (Lipinski definition) is 2. The zero-order valence-corrected chi connectivity index (χ0v) is 35.3. The summed E-state index contributed by atoms with van der Waals surface area (Å²) in [6.45, 7) is 10.4. The van der Waals surface area contributed by atoms with Crippen molar-refractivity contribution < 1.29 is 52.8 Å². The van der Waals surface area contributed by atoms with E-state index in [2.05, 4.69) is 21.6 Å². The lowest BCUT2D eigenvalue weighted by Crippen LogP contribution is -2.14. The number of rotatable bonds is 50. The van der Waals surface area contributed by atoms with Crippen molar-refractivity contribution in [3.05, 3.63) is 0 Å². The Hall–Kier alpha value is 0.260. The maximum atomic E-state index is 8.62. The van der Waals surface area contributed by atoms with Crippen LogP contribution in [0.5, 0.6) is 0 Å². The molecule has 11 nitrogen and oxygen atoms in total.